The Hall–Kier alpha value is -4.08. The Morgan fingerprint density at radius 1 is 0.973 bits per heavy atom. The fourth-order valence-electron chi connectivity index (χ4n) is 3.60. The Balaban J connectivity index is 1.55. The minimum Gasteiger partial charge on any atom is -0.510 e. The molecule has 9 heteroatoms. The summed E-state index contributed by atoms with van der Waals surface area (Å²) in [5.74, 6) is -1.52. The average Bonchev–Trinajstić information content (AvgIpc) is 3.60. The second-order valence-corrected chi connectivity index (χ2v) is 8.99. The van der Waals surface area contributed by atoms with Crippen molar-refractivity contribution < 1.29 is 34.1 Å². The number of carbonyl (C=O) groups is 4. The zero-order valence-electron chi connectivity index (χ0n) is 20.6. The quantitative estimate of drug-likeness (QED) is 0.202. The molecule has 2 aliphatic carbocycles. The van der Waals surface area contributed by atoms with Gasteiger partial charge in [-0.25, -0.2) is 0 Å². The summed E-state index contributed by atoms with van der Waals surface area (Å²) in [5, 5.41) is 25.4. The summed E-state index contributed by atoms with van der Waals surface area (Å²) in [5.41, 5.74) is -1.74. The van der Waals surface area contributed by atoms with Gasteiger partial charge in [-0.15, -0.1) is 0 Å². The number of aliphatic hydroxyl groups excluding tert-OH is 1. The van der Waals surface area contributed by atoms with Gasteiger partial charge in [-0.2, -0.15) is 0 Å². The number of rotatable bonds is 10. The van der Waals surface area contributed by atoms with Gasteiger partial charge in [-0.05, 0) is 18.1 Å². The van der Waals surface area contributed by atoms with Crippen molar-refractivity contribution in [2.24, 2.45) is 5.92 Å². The van der Waals surface area contributed by atoms with Crippen LogP contribution in [0.15, 0.2) is 96.1 Å². The lowest BCUT2D eigenvalue weighted by Gasteiger charge is -2.23. The van der Waals surface area contributed by atoms with Crippen molar-refractivity contribution in [3.05, 3.63) is 96.1 Å². The van der Waals surface area contributed by atoms with Crippen LogP contribution in [0, 0.1) is 5.92 Å². The smallest absolute Gasteiger partial charge is 0.248 e. The number of epoxide rings is 1. The standard InChI is InChI=1S/C28H30N2O7/c1-18(2)11-7-3-4-8-12-22(33)29-19-17-28(36,27-26(37-27)25(19)35)16-10-6-5-9-13-23(34)30-24-20(31)14-15-21(24)32/h3-13,16-18,26-27,31,36H,14-15H2,1-2H3,(H,29,33)(H,30,34)/b4-3+,6-5+,11-7+,12-8+,13-9+,16-10+/t26-,27-,28-/m0/s1. The molecule has 1 aliphatic heterocycles. The Bertz CT molecular complexity index is 1200. The number of ketones is 2. The number of carbonyl (C=O) groups excluding carboxylic acids is 4. The van der Waals surface area contributed by atoms with Crippen LogP contribution in [0.2, 0.25) is 0 Å². The van der Waals surface area contributed by atoms with E-state index in [4.69, 9.17) is 4.74 Å². The first-order chi connectivity index (χ1) is 17.6. The van der Waals surface area contributed by atoms with Gasteiger partial charge in [-0.1, -0.05) is 68.5 Å². The summed E-state index contributed by atoms with van der Waals surface area (Å²) in [7, 11) is 0. The molecule has 0 radical (unpaired) electrons. The molecule has 3 rings (SSSR count). The van der Waals surface area contributed by atoms with Gasteiger partial charge in [0.25, 0.3) is 0 Å². The monoisotopic (exact) mass is 506 g/mol. The van der Waals surface area contributed by atoms with Crippen LogP contribution in [0.3, 0.4) is 0 Å². The van der Waals surface area contributed by atoms with E-state index in [0.717, 1.165) is 0 Å². The summed E-state index contributed by atoms with van der Waals surface area (Å²) in [6, 6.07) is 0. The number of allylic oxidation sites excluding steroid dienone is 11. The van der Waals surface area contributed by atoms with Crippen LogP contribution >= 0.6 is 0 Å². The largest absolute Gasteiger partial charge is 0.510 e. The highest BCUT2D eigenvalue weighted by atomic mass is 16.6. The number of Topliss-reactive ketones (excluding diaryl/α,β-unsaturated/α-hetero) is 2. The van der Waals surface area contributed by atoms with E-state index in [1.54, 1.807) is 24.3 Å². The Labute approximate surface area is 215 Å². The third-order valence-corrected chi connectivity index (χ3v) is 5.53. The summed E-state index contributed by atoms with van der Waals surface area (Å²) >= 11 is 0. The van der Waals surface area contributed by atoms with Gasteiger partial charge in [0.1, 0.15) is 23.2 Å². The van der Waals surface area contributed by atoms with Crippen LogP contribution in [0.1, 0.15) is 26.7 Å². The van der Waals surface area contributed by atoms with Gasteiger partial charge in [0.15, 0.2) is 11.9 Å². The summed E-state index contributed by atoms with van der Waals surface area (Å²) in [6.07, 6.45) is 18.8. The molecule has 0 aromatic rings. The number of hydrogen-bond acceptors (Lipinski definition) is 7. The molecule has 1 fully saturated rings. The average molecular weight is 507 g/mol. The number of amides is 2. The van der Waals surface area contributed by atoms with Crippen molar-refractivity contribution in [2.45, 2.75) is 44.5 Å². The van der Waals surface area contributed by atoms with Gasteiger partial charge >= 0.3 is 0 Å². The molecule has 9 nitrogen and oxygen atoms in total. The topological polar surface area (TPSA) is 145 Å². The van der Waals surface area contributed by atoms with Crippen molar-refractivity contribution in [1.82, 2.24) is 10.6 Å². The Kier molecular flexibility index (Phi) is 9.10. The van der Waals surface area contributed by atoms with Crippen LogP contribution in [0.5, 0.6) is 0 Å². The molecular formula is C28H30N2O7. The molecule has 0 bridgehead atoms. The normalized spacial score (nSPS) is 26.1. The van der Waals surface area contributed by atoms with Crippen molar-refractivity contribution >= 4 is 23.4 Å². The molecule has 1 heterocycles. The third-order valence-electron chi connectivity index (χ3n) is 5.53. The minimum absolute atomic E-state index is 0.0520. The molecule has 0 aromatic heterocycles. The van der Waals surface area contributed by atoms with Crippen molar-refractivity contribution in [3.63, 3.8) is 0 Å². The van der Waals surface area contributed by atoms with Gasteiger partial charge in [0.05, 0.1) is 5.70 Å². The first-order valence-corrected chi connectivity index (χ1v) is 11.9. The van der Waals surface area contributed by atoms with Gasteiger partial charge < -0.3 is 25.6 Å². The molecule has 194 valence electrons. The fourth-order valence-corrected chi connectivity index (χ4v) is 3.60. The van der Waals surface area contributed by atoms with E-state index in [2.05, 4.69) is 24.5 Å². The number of ether oxygens (including phenoxy) is 1. The Morgan fingerprint density at radius 2 is 1.59 bits per heavy atom. The second-order valence-electron chi connectivity index (χ2n) is 8.99. The lowest BCUT2D eigenvalue weighted by molar-refractivity contribution is -0.121. The SMILES string of the molecule is CC(C)/C=C/C=C/C=C/C(=O)NC1=C[C@@](O)(/C=C/C=C/C=C/C(=O)NC2=C(O)CCC2=O)[C@H]2O[C@H]2C1=O. The molecule has 2 amide bonds. The number of fused-ring (bicyclic) bond motifs is 1. The maximum absolute atomic E-state index is 12.4. The second kappa shape index (κ2) is 12.2. The molecule has 0 saturated carbocycles. The first-order valence-electron chi connectivity index (χ1n) is 11.9. The van der Waals surface area contributed by atoms with Gasteiger partial charge in [0, 0.05) is 25.0 Å². The lowest BCUT2D eigenvalue weighted by Crippen LogP contribution is -2.42. The number of hydrogen-bond donors (Lipinski definition) is 4. The molecule has 4 N–H and O–H groups in total. The predicted octanol–water partition coefficient (Wildman–Crippen LogP) is 2.31. The zero-order valence-corrected chi connectivity index (χ0v) is 20.6. The summed E-state index contributed by atoms with van der Waals surface area (Å²) in [4.78, 5) is 48.1. The number of nitrogens with one attached hydrogen (secondary N) is 2. The molecule has 0 spiro atoms. The fraction of sp³-hybridized carbons (Fsp3) is 0.286. The molecule has 3 atom stereocenters. The van der Waals surface area contributed by atoms with Gasteiger partial charge in [0.2, 0.25) is 17.6 Å². The van der Waals surface area contributed by atoms with E-state index < -0.39 is 35.4 Å². The maximum atomic E-state index is 12.4. The molecule has 3 aliphatic rings. The highest BCUT2D eigenvalue weighted by Gasteiger charge is 2.59. The first kappa shape index (κ1) is 27.5. The minimum atomic E-state index is -1.61. The van der Waals surface area contributed by atoms with Crippen LogP contribution in [-0.4, -0.2) is 51.4 Å². The predicted molar refractivity (Wildman–Crippen MR) is 137 cm³/mol. The molecule has 37 heavy (non-hydrogen) atoms. The van der Waals surface area contributed by atoms with E-state index in [9.17, 15) is 29.4 Å². The van der Waals surface area contributed by atoms with Crippen molar-refractivity contribution in [2.75, 3.05) is 0 Å². The van der Waals surface area contributed by atoms with Crippen LogP contribution in [-0.2, 0) is 23.9 Å². The summed E-state index contributed by atoms with van der Waals surface area (Å²) in [6.45, 7) is 4.10. The lowest BCUT2D eigenvalue weighted by atomic mass is 9.88. The highest BCUT2D eigenvalue weighted by Crippen LogP contribution is 2.40. The molecule has 0 unspecified atom stereocenters. The Morgan fingerprint density at radius 3 is 2.22 bits per heavy atom. The molecule has 0 aromatic carbocycles. The van der Waals surface area contributed by atoms with Crippen LogP contribution in [0.25, 0.3) is 0 Å². The third kappa shape index (κ3) is 7.70. The zero-order chi connectivity index (χ0) is 27.0. The van der Waals surface area contributed by atoms with E-state index in [1.165, 1.54) is 42.5 Å². The van der Waals surface area contributed by atoms with E-state index in [1.807, 2.05) is 12.2 Å². The van der Waals surface area contributed by atoms with Crippen LogP contribution < -0.4 is 10.6 Å². The van der Waals surface area contributed by atoms with Crippen molar-refractivity contribution in [3.8, 4) is 0 Å². The van der Waals surface area contributed by atoms with E-state index in [0.29, 0.717) is 5.92 Å². The molecular weight excluding hydrogens is 476 g/mol. The maximum Gasteiger partial charge on any atom is 0.248 e. The van der Waals surface area contributed by atoms with E-state index in [-0.39, 0.29) is 35.8 Å². The summed E-state index contributed by atoms with van der Waals surface area (Å²) < 4.78 is 5.32. The number of aliphatic hydroxyl groups is 2. The molecule has 1 saturated heterocycles. The van der Waals surface area contributed by atoms with Crippen LogP contribution in [0.4, 0.5) is 0 Å². The van der Waals surface area contributed by atoms with Gasteiger partial charge in [-0.3, -0.25) is 19.2 Å². The highest BCUT2D eigenvalue weighted by molar-refractivity contribution is 6.06. The van der Waals surface area contributed by atoms with E-state index >= 15 is 0 Å². The van der Waals surface area contributed by atoms with Crippen molar-refractivity contribution in [1.29, 1.82) is 0 Å².